The van der Waals surface area contributed by atoms with Gasteiger partial charge in [0.25, 0.3) is 0 Å². The topological polar surface area (TPSA) is 46.1 Å². The van der Waals surface area contributed by atoms with E-state index in [1.165, 1.54) is 25.9 Å². The fraction of sp³-hybridized carbons (Fsp3) is 0.696. The molecule has 3 fully saturated rings. The highest BCUT2D eigenvalue weighted by molar-refractivity contribution is 5.80. The Morgan fingerprint density at radius 3 is 2.40 bits per heavy atom. The van der Waals surface area contributed by atoms with E-state index in [0.29, 0.717) is 12.6 Å². The van der Waals surface area contributed by atoms with E-state index in [0.717, 1.165) is 68.8 Å². The van der Waals surface area contributed by atoms with Crippen molar-refractivity contribution in [3.8, 4) is 0 Å². The van der Waals surface area contributed by atoms with Gasteiger partial charge in [0.05, 0.1) is 5.69 Å². The summed E-state index contributed by atoms with van der Waals surface area (Å²) in [5.74, 6) is 0.676. The Bertz CT molecular complexity index is 718. The zero-order valence-corrected chi connectivity index (χ0v) is 18.5. The summed E-state index contributed by atoms with van der Waals surface area (Å²) in [6.45, 7) is 9.95. The maximum Gasteiger partial charge on any atom is 0.191 e. The van der Waals surface area contributed by atoms with Crippen LogP contribution in [-0.2, 0) is 6.54 Å². The average molecular weight is 417 g/mol. The number of guanidine groups is 1. The number of hydrogen-bond donors (Lipinski definition) is 2. The number of nitrogens with one attached hydrogen (secondary N) is 2. The number of aliphatic imine (C=N–C) groups is 1. The summed E-state index contributed by atoms with van der Waals surface area (Å²) in [6.07, 6.45) is 5.08. The van der Waals surface area contributed by atoms with Gasteiger partial charge in [-0.1, -0.05) is 13.0 Å². The molecular formula is C23H37FN6. The van der Waals surface area contributed by atoms with Crippen molar-refractivity contribution in [2.45, 2.75) is 51.2 Å². The predicted molar refractivity (Wildman–Crippen MR) is 122 cm³/mol. The van der Waals surface area contributed by atoms with E-state index in [9.17, 15) is 4.39 Å². The summed E-state index contributed by atoms with van der Waals surface area (Å²) in [6, 6.07) is 6.94. The number of piperidine rings is 1. The van der Waals surface area contributed by atoms with Crippen molar-refractivity contribution in [3.63, 3.8) is 0 Å². The predicted octanol–water partition coefficient (Wildman–Crippen LogP) is 2.26. The van der Waals surface area contributed by atoms with Gasteiger partial charge in [-0.3, -0.25) is 4.99 Å². The van der Waals surface area contributed by atoms with E-state index in [-0.39, 0.29) is 5.82 Å². The third kappa shape index (κ3) is 5.43. The van der Waals surface area contributed by atoms with Crippen molar-refractivity contribution in [1.29, 1.82) is 0 Å². The number of piperazine rings is 1. The number of hydrogen-bond acceptors (Lipinski definition) is 4. The monoisotopic (exact) mass is 416 g/mol. The normalized spacial score (nSPS) is 22.4. The number of benzene rings is 1. The van der Waals surface area contributed by atoms with E-state index >= 15 is 0 Å². The third-order valence-corrected chi connectivity index (χ3v) is 6.79. The molecule has 30 heavy (non-hydrogen) atoms. The molecule has 0 atom stereocenters. The molecule has 7 heteroatoms. The second kappa shape index (κ2) is 9.96. The molecule has 0 bridgehead atoms. The van der Waals surface area contributed by atoms with Gasteiger partial charge in [-0.25, -0.2) is 4.39 Å². The van der Waals surface area contributed by atoms with Crippen molar-refractivity contribution >= 4 is 11.6 Å². The van der Waals surface area contributed by atoms with Crippen LogP contribution in [0.3, 0.4) is 0 Å². The van der Waals surface area contributed by atoms with Gasteiger partial charge in [-0.05, 0) is 49.9 Å². The maximum atomic E-state index is 14.8. The van der Waals surface area contributed by atoms with Crippen LogP contribution in [0, 0.1) is 5.82 Å². The van der Waals surface area contributed by atoms with Crippen molar-refractivity contribution in [2.75, 3.05) is 57.8 Å². The van der Waals surface area contributed by atoms with Crippen LogP contribution in [0.1, 0.15) is 38.2 Å². The highest BCUT2D eigenvalue weighted by atomic mass is 19.1. The van der Waals surface area contributed by atoms with Crippen LogP contribution in [-0.4, -0.2) is 80.7 Å². The molecule has 2 N–H and O–H groups in total. The lowest BCUT2D eigenvalue weighted by Gasteiger charge is -2.35. The Morgan fingerprint density at radius 1 is 1.07 bits per heavy atom. The van der Waals surface area contributed by atoms with Crippen molar-refractivity contribution in [2.24, 2.45) is 4.99 Å². The first-order valence-electron chi connectivity index (χ1n) is 11.6. The fourth-order valence-electron chi connectivity index (χ4n) is 4.64. The van der Waals surface area contributed by atoms with E-state index in [1.54, 1.807) is 13.1 Å². The first-order valence-corrected chi connectivity index (χ1v) is 11.6. The second-order valence-corrected chi connectivity index (χ2v) is 8.82. The zero-order valence-electron chi connectivity index (χ0n) is 18.5. The fourth-order valence-corrected chi connectivity index (χ4v) is 4.64. The molecule has 1 aromatic carbocycles. The number of likely N-dealkylation sites (tertiary alicyclic amines) is 1. The van der Waals surface area contributed by atoms with Crippen molar-refractivity contribution in [3.05, 3.63) is 29.6 Å². The average Bonchev–Trinajstić information content (AvgIpc) is 3.63. The number of halogens is 1. The van der Waals surface area contributed by atoms with Gasteiger partial charge in [0.2, 0.25) is 0 Å². The lowest BCUT2D eigenvalue weighted by atomic mass is 10.1. The SMILES string of the molecule is CCN1CCN(c2ccc(CNC(=NC)NC3CCN(C4CC4)CC3)cc2F)CC1. The maximum absolute atomic E-state index is 14.8. The van der Waals surface area contributed by atoms with Gasteiger partial charge in [0.15, 0.2) is 5.96 Å². The smallest absolute Gasteiger partial charge is 0.191 e. The molecule has 1 aromatic rings. The quantitative estimate of drug-likeness (QED) is 0.550. The summed E-state index contributed by atoms with van der Waals surface area (Å²) in [7, 11) is 1.80. The summed E-state index contributed by atoms with van der Waals surface area (Å²) in [5.41, 5.74) is 1.66. The van der Waals surface area contributed by atoms with Gasteiger partial charge in [0.1, 0.15) is 5.82 Å². The highest BCUT2D eigenvalue weighted by Crippen LogP contribution is 2.29. The molecule has 0 spiro atoms. The van der Waals surface area contributed by atoms with Crippen LogP contribution >= 0.6 is 0 Å². The number of nitrogens with zero attached hydrogens (tertiary/aromatic N) is 4. The standard InChI is InChI=1S/C23H37FN6/c1-3-28-12-14-30(15-13-28)22-7-4-18(16-21(22)24)17-26-23(25-2)27-19-8-10-29(11-9-19)20-5-6-20/h4,7,16,19-20H,3,5-6,8-15,17H2,1-2H3,(H2,25,26,27). The Balaban J connectivity index is 1.25. The van der Waals surface area contributed by atoms with Crippen LogP contribution in [0.2, 0.25) is 0 Å². The van der Waals surface area contributed by atoms with E-state index in [4.69, 9.17) is 0 Å². The van der Waals surface area contributed by atoms with Gasteiger partial charge < -0.3 is 25.3 Å². The minimum Gasteiger partial charge on any atom is -0.367 e. The molecule has 0 unspecified atom stereocenters. The van der Waals surface area contributed by atoms with Crippen molar-refractivity contribution in [1.82, 2.24) is 20.4 Å². The number of rotatable bonds is 6. The van der Waals surface area contributed by atoms with Gasteiger partial charge >= 0.3 is 0 Å². The molecule has 2 heterocycles. The minimum absolute atomic E-state index is 0.130. The summed E-state index contributed by atoms with van der Waals surface area (Å²) in [5, 5.41) is 6.91. The van der Waals surface area contributed by atoms with E-state index in [2.05, 4.69) is 37.2 Å². The van der Waals surface area contributed by atoms with Crippen LogP contribution in [0.25, 0.3) is 0 Å². The van der Waals surface area contributed by atoms with Crippen LogP contribution in [0.4, 0.5) is 10.1 Å². The molecule has 2 saturated heterocycles. The highest BCUT2D eigenvalue weighted by Gasteiger charge is 2.31. The molecular weight excluding hydrogens is 379 g/mol. The molecule has 4 rings (SSSR count). The molecule has 1 aliphatic carbocycles. The van der Waals surface area contributed by atoms with Gasteiger partial charge in [0, 0.05) is 64.9 Å². The lowest BCUT2D eigenvalue weighted by molar-refractivity contribution is 0.197. The number of likely N-dealkylation sites (N-methyl/N-ethyl adjacent to an activating group) is 1. The summed E-state index contributed by atoms with van der Waals surface area (Å²) >= 11 is 0. The third-order valence-electron chi connectivity index (χ3n) is 6.79. The Hall–Kier alpha value is -1.86. The molecule has 6 nitrogen and oxygen atoms in total. The summed E-state index contributed by atoms with van der Waals surface area (Å²) < 4.78 is 14.8. The largest absolute Gasteiger partial charge is 0.367 e. The molecule has 166 valence electrons. The van der Waals surface area contributed by atoms with Crippen LogP contribution in [0.15, 0.2) is 23.2 Å². The Morgan fingerprint density at radius 2 is 1.80 bits per heavy atom. The molecule has 1 saturated carbocycles. The molecule has 0 radical (unpaired) electrons. The van der Waals surface area contributed by atoms with Crippen LogP contribution in [0.5, 0.6) is 0 Å². The Kier molecular flexibility index (Phi) is 7.10. The van der Waals surface area contributed by atoms with Gasteiger partial charge in [-0.15, -0.1) is 0 Å². The lowest BCUT2D eigenvalue weighted by Crippen LogP contribution is -2.48. The Labute approximate surface area is 180 Å². The molecule has 2 aliphatic heterocycles. The number of anilines is 1. The molecule has 0 amide bonds. The van der Waals surface area contributed by atoms with Crippen molar-refractivity contribution < 1.29 is 4.39 Å². The minimum atomic E-state index is -0.130. The first kappa shape index (κ1) is 21.4. The first-order chi connectivity index (χ1) is 14.7. The van der Waals surface area contributed by atoms with E-state index < -0.39 is 0 Å². The summed E-state index contributed by atoms with van der Waals surface area (Å²) in [4.78, 5) is 11.6. The second-order valence-electron chi connectivity index (χ2n) is 8.82. The van der Waals surface area contributed by atoms with Gasteiger partial charge in [-0.2, -0.15) is 0 Å². The zero-order chi connectivity index (χ0) is 20.9. The van der Waals surface area contributed by atoms with E-state index in [1.807, 2.05) is 12.1 Å². The molecule has 3 aliphatic rings. The molecule has 0 aromatic heterocycles. The van der Waals surface area contributed by atoms with Crippen LogP contribution < -0.4 is 15.5 Å².